The lowest BCUT2D eigenvalue weighted by Crippen LogP contribution is -2.35. The number of carbonyl (C=O) groups is 1. The normalized spacial score (nSPS) is 15.6. The fourth-order valence-corrected chi connectivity index (χ4v) is 3.30. The van der Waals surface area contributed by atoms with Gasteiger partial charge in [0.15, 0.2) is 5.76 Å². The van der Waals surface area contributed by atoms with Gasteiger partial charge in [0, 0.05) is 17.5 Å². The molecule has 130 valence electrons. The molecular formula is C20H22N2O3. The number of hydrogen-bond donors (Lipinski definition) is 2. The highest BCUT2D eigenvalue weighted by molar-refractivity contribution is 5.96. The van der Waals surface area contributed by atoms with Gasteiger partial charge in [-0.25, -0.2) is 0 Å². The molecule has 4 rings (SSSR count). The Balaban J connectivity index is 1.49. The highest BCUT2D eigenvalue weighted by Crippen LogP contribution is 2.28. The number of hydrogen-bond acceptors (Lipinski definition) is 4. The Labute approximate surface area is 146 Å². The predicted molar refractivity (Wildman–Crippen MR) is 96.6 cm³/mol. The molecule has 3 heterocycles. The zero-order chi connectivity index (χ0) is 17.2. The molecule has 1 aliphatic rings. The molecule has 5 heteroatoms. The quantitative estimate of drug-likeness (QED) is 0.761. The van der Waals surface area contributed by atoms with Crippen LogP contribution in [0.3, 0.4) is 0 Å². The SMILES string of the molecule is Cc1ccc(-c2ccc3cc(C(=O)NCC4CCNCC4)oc3c2)o1. The molecule has 0 spiro atoms. The van der Waals surface area contributed by atoms with Gasteiger partial charge in [0.1, 0.15) is 17.1 Å². The number of aryl methyl sites for hydroxylation is 1. The van der Waals surface area contributed by atoms with Crippen LogP contribution in [-0.4, -0.2) is 25.5 Å². The maximum atomic E-state index is 12.4. The highest BCUT2D eigenvalue weighted by Gasteiger charge is 2.17. The van der Waals surface area contributed by atoms with Gasteiger partial charge in [0.05, 0.1) is 0 Å². The first-order valence-electron chi connectivity index (χ1n) is 8.78. The molecule has 1 saturated heterocycles. The van der Waals surface area contributed by atoms with Crippen molar-refractivity contribution in [3.63, 3.8) is 0 Å². The summed E-state index contributed by atoms with van der Waals surface area (Å²) in [4.78, 5) is 12.4. The van der Waals surface area contributed by atoms with Gasteiger partial charge in [-0.05, 0) is 63.0 Å². The zero-order valence-electron chi connectivity index (χ0n) is 14.3. The van der Waals surface area contributed by atoms with Crippen molar-refractivity contribution in [3.8, 4) is 11.3 Å². The van der Waals surface area contributed by atoms with Gasteiger partial charge in [0.25, 0.3) is 5.91 Å². The van der Waals surface area contributed by atoms with Crippen LogP contribution in [0.25, 0.3) is 22.3 Å². The fraction of sp³-hybridized carbons (Fsp3) is 0.350. The monoisotopic (exact) mass is 338 g/mol. The molecule has 1 amide bonds. The minimum absolute atomic E-state index is 0.148. The molecule has 0 saturated carbocycles. The summed E-state index contributed by atoms with van der Waals surface area (Å²) in [6.45, 7) is 4.68. The van der Waals surface area contributed by atoms with Crippen LogP contribution < -0.4 is 10.6 Å². The minimum Gasteiger partial charge on any atom is -0.461 e. The van der Waals surface area contributed by atoms with E-state index in [2.05, 4.69) is 10.6 Å². The zero-order valence-corrected chi connectivity index (χ0v) is 14.3. The van der Waals surface area contributed by atoms with E-state index in [4.69, 9.17) is 8.83 Å². The van der Waals surface area contributed by atoms with Crippen molar-refractivity contribution in [1.29, 1.82) is 0 Å². The third-order valence-electron chi connectivity index (χ3n) is 4.78. The smallest absolute Gasteiger partial charge is 0.287 e. The average molecular weight is 338 g/mol. The number of furan rings is 2. The number of nitrogens with one attached hydrogen (secondary N) is 2. The topological polar surface area (TPSA) is 67.4 Å². The lowest BCUT2D eigenvalue weighted by molar-refractivity contribution is 0.0918. The second-order valence-electron chi connectivity index (χ2n) is 6.68. The van der Waals surface area contributed by atoms with E-state index >= 15 is 0 Å². The van der Waals surface area contributed by atoms with Gasteiger partial charge < -0.3 is 19.5 Å². The lowest BCUT2D eigenvalue weighted by Gasteiger charge is -2.22. The summed E-state index contributed by atoms with van der Waals surface area (Å²) in [5.41, 5.74) is 1.63. The van der Waals surface area contributed by atoms with E-state index in [1.54, 1.807) is 6.07 Å². The van der Waals surface area contributed by atoms with E-state index in [1.807, 2.05) is 37.3 Å². The van der Waals surface area contributed by atoms with Gasteiger partial charge >= 0.3 is 0 Å². The minimum atomic E-state index is -0.148. The fourth-order valence-electron chi connectivity index (χ4n) is 3.30. The average Bonchev–Trinajstić information content (AvgIpc) is 3.26. The molecule has 0 aliphatic carbocycles. The third kappa shape index (κ3) is 3.46. The molecular weight excluding hydrogens is 316 g/mol. The molecule has 3 aromatic rings. The highest BCUT2D eigenvalue weighted by atomic mass is 16.3. The van der Waals surface area contributed by atoms with E-state index in [0.29, 0.717) is 23.8 Å². The number of rotatable bonds is 4. The van der Waals surface area contributed by atoms with E-state index in [1.165, 1.54) is 0 Å². The molecule has 25 heavy (non-hydrogen) atoms. The first-order chi connectivity index (χ1) is 12.2. The Hall–Kier alpha value is -2.53. The Morgan fingerprint density at radius 2 is 2.00 bits per heavy atom. The van der Waals surface area contributed by atoms with Crippen LogP contribution in [0.1, 0.15) is 29.2 Å². The largest absolute Gasteiger partial charge is 0.461 e. The van der Waals surface area contributed by atoms with Crippen molar-refractivity contribution in [1.82, 2.24) is 10.6 Å². The van der Waals surface area contributed by atoms with Crippen LogP contribution in [0.5, 0.6) is 0 Å². The number of piperidine rings is 1. The van der Waals surface area contributed by atoms with Crippen LogP contribution >= 0.6 is 0 Å². The lowest BCUT2D eigenvalue weighted by atomic mass is 9.98. The molecule has 2 aromatic heterocycles. The predicted octanol–water partition coefficient (Wildman–Crippen LogP) is 3.73. The summed E-state index contributed by atoms with van der Waals surface area (Å²) >= 11 is 0. The molecule has 1 fully saturated rings. The number of benzene rings is 1. The Morgan fingerprint density at radius 3 is 2.76 bits per heavy atom. The summed E-state index contributed by atoms with van der Waals surface area (Å²) in [5.74, 6) is 2.42. The molecule has 0 bridgehead atoms. The number of amides is 1. The van der Waals surface area contributed by atoms with Crippen molar-refractivity contribution in [3.05, 3.63) is 47.9 Å². The summed E-state index contributed by atoms with van der Waals surface area (Å²) in [6, 6.07) is 11.5. The summed E-state index contributed by atoms with van der Waals surface area (Å²) < 4.78 is 11.4. The van der Waals surface area contributed by atoms with Crippen LogP contribution in [0.15, 0.2) is 45.2 Å². The molecule has 0 unspecified atom stereocenters. The number of fused-ring (bicyclic) bond motifs is 1. The van der Waals surface area contributed by atoms with Gasteiger partial charge in [-0.2, -0.15) is 0 Å². The first kappa shape index (κ1) is 16.0. The van der Waals surface area contributed by atoms with E-state index in [0.717, 1.165) is 48.4 Å². The van der Waals surface area contributed by atoms with Crippen LogP contribution in [0.2, 0.25) is 0 Å². The molecule has 0 atom stereocenters. The molecule has 0 radical (unpaired) electrons. The summed E-state index contributed by atoms with van der Waals surface area (Å²) in [5, 5.41) is 7.25. The molecule has 5 nitrogen and oxygen atoms in total. The van der Waals surface area contributed by atoms with Crippen molar-refractivity contribution in [2.75, 3.05) is 19.6 Å². The van der Waals surface area contributed by atoms with Gasteiger partial charge in [-0.3, -0.25) is 4.79 Å². The third-order valence-corrected chi connectivity index (χ3v) is 4.78. The van der Waals surface area contributed by atoms with Crippen LogP contribution in [0.4, 0.5) is 0 Å². The van der Waals surface area contributed by atoms with E-state index < -0.39 is 0 Å². The Morgan fingerprint density at radius 1 is 1.16 bits per heavy atom. The Kier molecular flexibility index (Phi) is 4.32. The van der Waals surface area contributed by atoms with Crippen molar-refractivity contribution >= 4 is 16.9 Å². The standard InChI is InChI=1S/C20H22N2O3/c1-13-2-5-17(24-13)15-3-4-16-11-19(25-18(16)10-15)20(23)22-12-14-6-8-21-9-7-14/h2-5,10-11,14,21H,6-9,12H2,1H3,(H,22,23). The molecule has 2 N–H and O–H groups in total. The van der Waals surface area contributed by atoms with Crippen molar-refractivity contribution < 1.29 is 13.6 Å². The van der Waals surface area contributed by atoms with E-state index in [-0.39, 0.29) is 5.91 Å². The second kappa shape index (κ2) is 6.76. The maximum absolute atomic E-state index is 12.4. The molecule has 1 aromatic carbocycles. The van der Waals surface area contributed by atoms with E-state index in [9.17, 15) is 4.79 Å². The summed E-state index contributed by atoms with van der Waals surface area (Å²) in [6.07, 6.45) is 2.21. The Bertz CT molecular complexity index is 887. The van der Waals surface area contributed by atoms with Crippen LogP contribution in [0, 0.1) is 12.8 Å². The van der Waals surface area contributed by atoms with Gasteiger partial charge in [-0.15, -0.1) is 0 Å². The van der Waals surface area contributed by atoms with Crippen LogP contribution in [-0.2, 0) is 0 Å². The maximum Gasteiger partial charge on any atom is 0.287 e. The molecule has 1 aliphatic heterocycles. The van der Waals surface area contributed by atoms with Gasteiger partial charge in [0.2, 0.25) is 0 Å². The summed E-state index contributed by atoms with van der Waals surface area (Å²) in [7, 11) is 0. The second-order valence-corrected chi connectivity index (χ2v) is 6.68. The van der Waals surface area contributed by atoms with Crippen molar-refractivity contribution in [2.45, 2.75) is 19.8 Å². The first-order valence-corrected chi connectivity index (χ1v) is 8.78. The number of carbonyl (C=O) groups excluding carboxylic acids is 1. The van der Waals surface area contributed by atoms with Crippen molar-refractivity contribution in [2.24, 2.45) is 5.92 Å². The van der Waals surface area contributed by atoms with Gasteiger partial charge in [-0.1, -0.05) is 12.1 Å².